The van der Waals surface area contributed by atoms with Crippen molar-refractivity contribution in [2.45, 2.75) is 13.5 Å². The van der Waals surface area contributed by atoms with Gasteiger partial charge in [-0.2, -0.15) is 0 Å². The summed E-state index contributed by atoms with van der Waals surface area (Å²) in [5, 5.41) is 2.85. The van der Waals surface area contributed by atoms with Gasteiger partial charge in [-0.15, -0.1) is 0 Å². The largest absolute Gasteiger partial charge is 0.347 e. The number of amides is 1. The summed E-state index contributed by atoms with van der Waals surface area (Å²) in [4.78, 5) is 27.1. The average Bonchev–Trinajstić information content (AvgIpc) is 2.69. The molecule has 0 radical (unpaired) electrons. The van der Waals surface area contributed by atoms with Gasteiger partial charge < -0.3 is 10.2 Å². The highest BCUT2D eigenvalue weighted by molar-refractivity contribution is 5.92. The molecular weight excluding hydrogens is 314 g/mol. The van der Waals surface area contributed by atoms with Crippen LogP contribution >= 0.6 is 0 Å². The fourth-order valence-electron chi connectivity index (χ4n) is 2.43. The molecule has 6 heteroatoms. The molecule has 3 aromatic rings. The quantitative estimate of drug-likeness (QED) is 0.751. The predicted octanol–water partition coefficient (Wildman–Crippen LogP) is 2.96. The van der Waals surface area contributed by atoms with Crippen molar-refractivity contribution in [3.05, 3.63) is 78.4 Å². The van der Waals surface area contributed by atoms with Crippen LogP contribution in [0.15, 0.2) is 67.1 Å². The van der Waals surface area contributed by atoms with Gasteiger partial charge in [0.1, 0.15) is 5.69 Å². The highest BCUT2D eigenvalue weighted by atomic mass is 16.1. The van der Waals surface area contributed by atoms with Gasteiger partial charge in [0.05, 0.1) is 0 Å². The molecule has 0 aliphatic rings. The summed E-state index contributed by atoms with van der Waals surface area (Å²) in [5.41, 5.74) is 2.26. The molecule has 2 heterocycles. The second-order valence-electron chi connectivity index (χ2n) is 5.37. The number of benzene rings is 1. The van der Waals surface area contributed by atoms with E-state index in [1.807, 2.05) is 54.3 Å². The Morgan fingerprint density at radius 3 is 2.64 bits per heavy atom. The average molecular weight is 333 g/mol. The first-order valence-corrected chi connectivity index (χ1v) is 8.10. The molecule has 0 spiro atoms. The number of nitrogens with one attached hydrogen (secondary N) is 1. The molecule has 126 valence electrons. The van der Waals surface area contributed by atoms with E-state index >= 15 is 0 Å². The maximum absolute atomic E-state index is 12.4. The van der Waals surface area contributed by atoms with Crippen LogP contribution in [0.3, 0.4) is 0 Å². The van der Waals surface area contributed by atoms with E-state index in [4.69, 9.17) is 0 Å². The molecule has 1 N–H and O–H groups in total. The standard InChI is InChI=1S/C19H19N5O/c1-2-24(16-8-4-3-5-9-16)19-21-12-10-17(23-19)18(25)22-14-15-7-6-11-20-13-15/h3-13H,2,14H2,1H3,(H,22,25). The van der Waals surface area contributed by atoms with Gasteiger partial charge in [-0.3, -0.25) is 9.78 Å². The minimum Gasteiger partial charge on any atom is -0.347 e. The number of carbonyl (C=O) groups is 1. The summed E-state index contributed by atoms with van der Waals surface area (Å²) >= 11 is 0. The van der Waals surface area contributed by atoms with Crippen LogP contribution < -0.4 is 10.2 Å². The second kappa shape index (κ2) is 8.01. The van der Waals surface area contributed by atoms with E-state index < -0.39 is 0 Å². The van der Waals surface area contributed by atoms with Crippen LogP contribution in [0, 0.1) is 0 Å². The van der Waals surface area contributed by atoms with Crippen LogP contribution in [-0.2, 0) is 6.54 Å². The molecule has 1 amide bonds. The lowest BCUT2D eigenvalue weighted by Crippen LogP contribution is -2.25. The Hall–Kier alpha value is -3.28. The molecule has 1 aromatic carbocycles. The summed E-state index contributed by atoms with van der Waals surface area (Å²) in [5.74, 6) is 0.263. The first kappa shape index (κ1) is 16.6. The molecule has 0 unspecified atom stereocenters. The zero-order valence-corrected chi connectivity index (χ0v) is 14.0. The van der Waals surface area contributed by atoms with Crippen LogP contribution in [0.25, 0.3) is 0 Å². The van der Waals surface area contributed by atoms with Gasteiger partial charge in [0.25, 0.3) is 5.91 Å². The molecule has 0 saturated carbocycles. The molecule has 0 aliphatic carbocycles. The molecule has 25 heavy (non-hydrogen) atoms. The first-order chi connectivity index (χ1) is 12.3. The third-order valence-electron chi connectivity index (χ3n) is 3.68. The summed E-state index contributed by atoms with van der Waals surface area (Å²) < 4.78 is 0. The van der Waals surface area contributed by atoms with Gasteiger partial charge in [0.2, 0.25) is 5.95 Å². The fourth-order valence-corrected chi connectivity index (χ4v) is 2.43. The summed E-state index contributed by atoms with van der Waals surface area (Å²) in [6.07, 6.45) is 5.03. The lowest BCUT2D eigenvalue weighted by Gasteiger charge is -2.21. The smallest absolute Gasteiger partial charge is 0.270 e. The van der Waals surface area contributed by atoms with Crippen LogP contribution in [0.5, 0.6) is 0 Å². The van der Waals surface area contributed by atoms with E-state index in [0.29, 0.717) is 24.7 Å². The van der Waals surface area contributed by atoms with Gasteiger partial charge in [0, 0.05) is 37.4 Å². The molecule has 6 nitrogen and oxygen atoms in total. The monoisotopic (exact) mass is 333 g/mol. The molecule has 0 atom stereocenters. The van der Waals surface area contributed by atoms with Crippen molar-refractivity contribution in [3.63, 3.8) is 0 Å². The third kappa shape index (κ3) is 4.17. The number of rotatable bonds is 6. The Balaban J connectivity index is 1.75. The predicted molar refractivity (Wildman–Crippen MR) is 96.6 cm³/mol. The number of anilines is 2. The van der Waals surface area contributed by atoms with Crippen LogP contribution in [0.1, 0.15) is 23.0 Å². The van der Waals surface area contributed by atoms with E-state index in [0.717, 1.165) is 11.3 Å². The number of aromatic nitrogens is 3. The van der Waals surface area contributed by atoms with Crippen molar-refractivity contribution < 1.29 is 4.79 Å². The molecule has 3 rings (SSSR count). The highest BCUT2D eigenvalue weighted by Gasteiger charge is 2.13. The zero-order valence-electron chi connectivity index (χ0n) is 14.0. The van der Waals surface area contributed by atoms with Crippen LogP contribution in [0.2, 0.25) is 0 Å². The van der Waals surface area contributed by atoms with Crippen LogP contribution in [0.4, 0.5) is 11.6 Å². The molecule has 0 aliphatic heterocycles. The number of para-hydroxylation sites is 1. The number of carbonyl (C=O) groups excluding carboxylic acids is 1. The summed E-state index contributed by atoms with van der Waals surface area (Å²) in [7, 11) is 0. The maximum Gasteiger partial charge on any atom is 0.270 e. The van der Waals surface area contributed by atoms with Crippen molar-refractivity contribution in [1.82, 2.24) is 20.3 Å². The van der Waals surface area contributed by atoms with Crippen molar-refractivity contribution in [2.24, 2.45) is 0 Å². The second-order valence-corrected chi connectivity index (χ2v) is 5.37. The van der Waals surface area contributed by atoms with Gasteiger partial charge >= 0.3 is 0 Å². The Kier molecular flexibility index (Phi) is 5.31. The van der Waals surface area contributed by atoms with E-state index in [9.17, 15) is 4.79 Å². The number of pyridine rings is 1. The Bertz CT molecular complexity index is 823. The van der Waals surface area contributed by atoms with E-state index in [1.165, 1.54) is 0 Å². The zero-order chi connectivity index (χ0) is 17.5. The fraction of sp³-hybridized carbons (Fsp3) is 0.158. The minimum absolute atomic E-state index is 0.239. The number of hydrogen-bond donors (Lipinski definition) is 1. The van der Waals surface area contributed by atoms with Gasteiger partial charge in [-0.05, 0) is 36.8 Å². The molecule has 0 bridgehead atoms. The third-order valence-corrected chi connectivity index (χ3v) is 3.68. The van der Waals surface area contributed by atoms with Crippen molar-refractivity contribution >= 4 is 17.5 Å². The molecule has 2 aromatic heterocycles. The number of hydrogen-bond acceptors (Lipinski definition) is 5. The highest BCUT2D eigenvalue weighted by Crippen LogP contribution is 2.20. The van der Waals surface area contributed by atoms with E-state index in [-0.39, 0.29) is 5.91 Å². The number of nitrogens with zero attached hydrogens (tertiary/aromatic N) is 4. The maximum atomic E-state index is 12.4. The topological polar surface area (TPSA) is 71.0 Å². The van der Waals surface area contributed by atoms with Gasteiger partial charge in [-0.25, -0.2) is 9.97 Å². The minimum atomic E-state index is -0.239. The summed E-state index contributed by atoms with van der Waals surface area (Å²) in [6, 6.07) is 15.2. The van der Waals surface area contributed by atoms with Gasteiger partial charge in [-0.1, -0.05) is 24.3 Å². The van der Waals surface area contributed by atoms with Crippen molar-refractivity contribution in [3.8, 4) is 0 Å². The normalized spacial score (nSPS) is 10.3. The molecule has 0 fully saturated rings. The summed E-state index contributed by atoms with van der Waals surface area (Å²) in [6.45, 7) is 3.12. The Morgan fingerprint density at radius 1 is 1.08 bits per heavy atom. The SMILES string of the molecule is CCN(c1ccccc1)c1nccc(C(=O)NCc2cccnc2)n1. The Morgan fingerprint density at radius 2 is 1.92 bits per heavy atom. The van der Waals surface area contributed by atoms with Gasteiger partial charge in [0.15, 0.2) is 0 Å². The lowest BCUT2D eigenvalue weighted by atomic mass is 10.3. The van der Waals surface area contributed by atoms with Crippen LogP contribution in [-0.4, -0.2) is 27.4 Å². The molecule has 0 saturated heterocycles. The lowest BCUT2D eigenvalue weighted by molar-refractivity contribution is 0.0946. The Labute approximate surface area is 146 Å². The first-order valence-electron chi connectivity index (χ1n) is 8.10. The van der Waals surface area contributed by atoms with E-state index in [1.54, 1.807) is 24.7 Å². The van der Waals surface area contributed by atoms with Crippen molar-refractivity contribution in [1.29, 1.82) is 0 Å². The van der Waals surface area contributed by atoms with Crippen molar-refractivity contribution in [2.75, 3.05) is 11.4 Å². The molecular formula is C19H19N5O. The van der Waals surface area contributed by atoms with E-state index in [2.05, 4.69) is 20.3 Å².